The smallest absolute Gasteiger partial charge is 0.435 e. The number of nitrogens with zero attached hydrogens (tertiary/aromatic N) is 2. The molecule has 2 unspecified atom stereocenters. The van der Waals surface area contributed by atoms with Crippen molar-refractivity contribution >= 4 is 40.5 Å². The molecule has 2 heterocycles. The van der Waals surface area contributed by atoms with Crippen LogP contribution >= 0.6 is 0 Å². The number of nitrogens with one attached hydrogen (secondary N) is 3. The van der Waals surface area contributed by atoms with Gasteiger partial charge in [-0.2, -0.15) is 4.68 Å². The number of carbonyl (C=O) groups is 3. The van der Waals surface area contributed by atoms with Crippen molar-refractivity contribution in [2.75, 3.05) is 17.2 Å². The van der Waals surface area contributed by atoms with E-state index in [4.69, 9.17) is 14.2 Å². The van der Waals surface area contributed by atoms with Crippen molar-refractivity contribution in [3.8, 4) is 5.75 Å². The van der Waals surface area contributed by atoms with E-state index >= 15 is 4.39 Å². The topological polar surface area (TPSA) is 143 Å². The van der Waals surface area contributed by atoms with E-state index < -0.39 is 41.2 Å². The van der Waals surface area contributed by atoms with Crippen LogP contribution in [-0.2, 0) is 20.7 Å². The lowest BCUT2D eigenvalue weighted by Crippen LogP contribution is -2.29. The molecule has 3 N–H and O–H groups in total. The second kappa shape index (κ2) is 12.2. The Balaban J connectivity index is 1.65. The first kappa shape index (κ1) is 31.7. The largest absolute Gasteiger partial charge is 0.489 e. The van der Waals surface area contributed by atoms with Gasteiger partial charge in [0.1, 0.15) is 28.6 Å². The minimum absolute atomic E-state index is 0.000572. The third kappa shape index (κ3) is 7.98. The van der Waals surface area contributed by atoms with E-state index in [0.29, 0.717) is 17.5 Å². The summed E-state index contributed by atoms with van der Waals surface area (Å²) in [6.45, 7) is 11.6. The number of ether oxygens (including phenoxy) is 3. The molecule has 2 atom stereocenters. The molecule has 1 aliphatic rings. The van der Waals surface area contributed by atoms with Crippen LogP contribution < -0.4 is 20.7 Å². The number of amides is 2. The molecule has 13 heteroatoms. The average Bonchev–Trinajstić information content (AvgIpc) is 3.57. The fraction of sp³-hybridized carbons (Fsp3) is 0.467. The fourth-order valence-electron chi connectivity index (χ4n) is 4.43. The highest BCUT2D eigenvalue weighted by Crippen LogP contribution is 2.39. The first-order valence-corrected chi connectivity index (χ1v) is 14.0. The van der Waals surface area contributed by atoms with E-state index in [9.17, 15) is 18.8 Å². The molecule has 2 aromatic carbocycles. The third-order valence-electron chi connectivity index (χ3n) is 6.20. The van der Waals surface area contributed by atoms with Crippen LogP contribution in [0.25, 0.3) is 10.9 Å². The molecule has 11 nitrogen and oxygen atoms in total. The monoisotopic (exact) mass is 601 g/mol. The summed E-state index contributed by atoms with van der Waals surface area (Å²) < 4.78 is 46.6. The van der Waals surface area contributed by atoms with Crippen molar-refractivity contribution in [1.82, 2.24) is 15.1 Å². The lowest BCUT2D eigenvalue weighted by molar-refractivity contribution is -0.115. The highest BCUT2D eigenvalue weighted by molar-refractivity contribution is 6.06. The van der Waals surface area contributed by atoms with Gasteiger partial charge in [0.05, 0.1) is 17.7 Å². The summed E-state index contributed by atoms with van der Waals surface area (Å²) in [6, 6.07) is 6.90. The van der Waals surface area contributed by atoms with Crippen molar-refractivity contribution in [3.63, 3.8) is 0 Å². The van der Waals surface area contributed by atoms with Crippen LogP contribution in [0.4, 0.5) is 29.9 Å². The maximum atomic E-state index is 16.1. The molecule has 0 spiro atoms. The molecule has 0 bridgehead atoms. The predicted octanol–water partition coefficient (Wildman–Crippen LogP) is 5.76. The summed E-state index contributed by atoms with van der Waals surface area (Å²) in [5.74, 6) is -2.26. The van der Waals surface area contributed by atoms with Gasteiger partial charge < -0.3 is 19.5 Å². The highest BCUT2D eigenvalue weighted by Gasteiger charge is 2.42. The molecule has 3 aromatic rings. The second-order valence-electron chi connectivity index (χ2n) is 12.2. The van der Waals surface area contributed by atoms with Gasteiger partial charge >= 0.3 is 12.2 Å². The van der Waals surface area contributed by atoms with Gasteiger partial charge in [-0.25, -0.2) is 18.4 Å². The summed E-state index contributed by atoms with van der Waals surface area (Å²) in [4.78, 5) is 38.8. The number of rotatable bonds is 8. The molecule has 1 fully saturated rings. The number of hydrogen-bond acceptors (Lipinski definition) is 8. The molecule has 0 aliphatic carbocycles. The Hall–Kier alpha value is -4.26. The Morgan fingerprint density at radius 1 is 1.02 bits per heavy atom. The van der Waals surface area contributed by atoms with Crippen LogP contribution in [0.2, 0.25) is 0 Å². The van der Waals surface area contributed by atoms with Gasteiger partial charge in [0, 0.05) is 6.04 Å². The molecule has 1 saturated heterocycles. The van der Waals surface area contributed by atoms with Crippen LogP contribution in [-0.4, -0.2) is 57.8 Å². The summed E-state index contributed by atoms with van der Waals surface area (Å²) in [5.41, 5.74) is -1.30. The number of anilines is 2. The lowest BCUT2D eigenvalue weighted by Gasteiger charge is -2.19. The average molecular weight is 602 g/mol. The van der Waals surface area contributed by atoms with Crippen molar-refractivity contribution in [3.05, 3.63) is 47.5 Å². The Labute approximate surface area is 248 Å². The van der Waals surface area contributed by atoms with Crippen LogP contribution in [0, 0.1) is 11.6 Å². The molecule has 1 aliphatic heterocycles. The number of aryl methyl sites for hydroxylation is 1. The van der Waals surface area contributed by atoms with Crippen LogP contribution in [0.15, 0.2) is 30.3 Å². The zero-order valence-electron chi connectivity index (χ0n) is 25.3. The second-order valence-corrected chi connectivity index (χ2v) is 12.2. The maximum Gasteiger partial charge on any atom is 0.435 e. The molecule has 4 rings (SSSR count). The van der Waals surface area contributed by atoms with Crippen molar-refractivity contribution in [2.24, 2.45) is 0 Å². The molecule has 1 aromatic heterocycles. The van der Waals surface area contributed by atoms with E-state index in [2.05, 4.69) is 21.0 Å². The Bertz CT molecular complexity index is 1540. The van der Waals surface area contributed by atoms with Crippen LogP contribution in [0.3, 0.4) is 0 Å². The lowest BCUT2D eigenvalue weighted by atomic mass is 10.1. The fourth-order valence-corrected chi connectivity index (χ4v) is 4.43. The zero-order chi connectivity index (χ0) is 31.7. The summed E-state index contributed by atoms with van der Waals surface area (Å²) >= 11 is 0. The third-order valence-corrected chi connectivity index (χ3v) is 6.20. The summed E-state index contributed by atoms with van der Waals surface area (Å²) in [5, 5.41) is 12.4. The Morgan fingerprint density at radius 3 is 2.35 bits per heavy atom. The number of fused-ring (bicyclic) bond motifs is 1. The Morgan fingerprint density at radius 2 is 1.72 bits per heavy atom. The van der Waals surface area contributed by atoms with Gasteiger partial charge in [0.15, 0.2) is 17.4 Å². The number of aromatic nitrogens is 2. The van der Waals surface area contributed by atoms with Crippen molar-refractivity contribution < 1.29 is 37.4 Å². The van der Waals surface area contributed by atoms with Gasteiger partial charge in [-0.3, -0.25) is 15.4 Å². The Kier molecular flexibility index (Phi) is 8.95. The molecule has 43 heavy (non-hydrogen) atoms. The minimum Gasteiger partial charge on any atom is -0.489 e. The molecule has 232 valence electrons. The van der Waals surface area contributed by atoms with Crippen LogP contribution in [0.5, 0.6) is 5.75 Å². The minimum atomic E-state index is -0.990. The maximum absolute atomic E-state index is 16.1. The standard InChI is InChI=1S/C30H37F2N5O6/c1-8-41-24-20(34-26(38)22-19(33-22)13-12-16-10-9-11-17(31)14-16)15-18-23(21(24)32)37(28(40)43-30(5,6)7)36-25(18)35-27(39)42-29(2,3)4/h9-11,14-15,19,22,33H,8,12-13H2,1-7H3,(H,34,38)(H,35,36,39). The van der Waals surface area contributed by atoms with Gasteiger partial charge in [0.2, 0.25) is 5.91 Å². The van der Waals surface area contributed by atoms with Crippen molar-refractivity contribution in [1.29, 1.82) is 0 Å². The van der Waals surface area contributed by atoms with Crippen molar-refractivity contribution in [2.45, 2.75) is 84.6 Å². The molecule has 2 amide bonds. The number of carbonyl (C=O) groups excluding carboxylic acids is 3. The molecular weight excluding hydrogens is 564 g/mol. The molecule has 0 radical (unpaired) electrons. The SMILES string of the molecule is CCOc1c(NC(=O)C2NC2CCc2cccc(F)c2)cc2c(NC(=O)OC(C)(C)C)nn(C(=O)OC(C)(C)C)c2c1F. The number of benzene rings is 2. The normalized spacial score (nSPS) is 16.5. The summed E-state index contributed by atoms with van der Waals surface area (Å²) in [6.07, 6.45) is -0.726. The zero-order valence-corrected chi connectivity index (χ0v) is 25.3. The van der Waals surface area contributed by atoms with E-state index in [1.807, 2.05) is 6.07 Å². The predicted molar refractivity (Wildman–Crippen MR) is 156 cm³/mol. The first-order valence-electron chi connectivity index (χ1n) is 14.0. The first-order chi connectivity index (χ1) is 20.1. The molecular formula is C30H37F2N5O6. The molecule has 0 saturated carbocycles. The van der Waals surface area contributed by atoms with Gasteiger partial charge in [-0.15, -0.1) is 5.10 Å². The van der Waals surface area contributed by atoms with E-state index in [-0.39, 0.29) is 46.6 Å². The number of hydrogen-bond donors (Lipinski definition) is 3. The quantitative estimate of drug-likeness (QED) is 0.277. The van der Waals surface area contributed by atoms with E-state index in [1.165, 1.54) is 18.2 Å². The van der Waals surface area contributed by atoms with Gasteiger partial charge in [-0.05, 0) is 85.1 Å². The van der Waals surface area contributed by atoms with E-state index in [1.54, 1.807) is 54.5 Å². The number of halogens is 2. The van der Waals surface area contributed by atoms with Crippen LogP contribution in [0.1, 0.15) is 60.5 Å². The van der Waals surface area contributed by atoms with Gasteiger partial charge in [-0.1, -0.05) is 12.1 Å². The van der Waals surface area contributed by atoms with Gasteiger partial charge in [0.25, 0.3) is 0 Å². The van der Waals surface area contributed by atoms with E-state index in [0.717, 1.165) is 5.56 Å². The summed E-state index contributed by atoms with van der Waals surface area (Å²) in [7, 11) is 0. The highest BCUT2D eigenvalue weighted by atomic mass is 19.1.